The van der Waals surface area contributed by atoms with Crippen molar-refractivity contribution in [2.45, 2.75) is 13.1 Å². The van der Waals surface area contributed by atoms with Crippen LogP contribution in [-0.2, 0) is 4.94 Å². The van der Waals surface area contributed by atoms with Crippen molar-refractivity contribution in [2.24, 2.45) is 11.0 Å². The van der Waals surface area contributed by atoms with Crippen LogP contribution < -0.4 is 5.84 Å². The van der Waals surface area contributed by atoms with E-state index in [0.717, 1.165) is 0 Å². The van der Waals surface area contributed by atoms with E-state index in [1.54, 1.807) is 0 Å². The monoisotopic (exact) mass is 162 g/mol. The molecule has 0 radical (unpaired) electrons. The van der Waals surface area contributed by atoms with Gasteiger partial charge in [0.25, 0.3) is 0 Å². The molecule has 0 spiro atoms. The van der Waals surface area contributed by atoms with Gasteiger partial charge in [-0.15, -0.1) is 5.84 Å². The topological polar surface area (TPSA) is 114 Å². The van der Waals surface area contributed by atoms with Crippen molar-refractivity contribution in [1.82, 2.24) is 0 Å². The Bertz CT molecular complexity index is 223. The van der Waals surface area contributed by atoms with Crippen LogP contribution in [0.2, 0.25) is 0 Å². The largest absolute Gasteiger partial charge is 0.561 e. The molecular weight excluding hydrogens is 156 g/mol. The van der Waals surface area contributed by atoms with Crippen LogP contribution in [0.4, 0.5) is 0 Å². The maximum Gasteiger partial charge on any atom is 0.435 e. The molecule has 2 N–H and O–H groups in total. The second kappa shape index (κ2) is 2.12. The third kappa shape index (κ3) is 1.13. The summed E-state index contributed by atoms with van der Waals surface area (Å²) in [4.78, 5) is 11.5. The molecule has 2 unspecified atom stereocenters. The third-order valence-electron chi connectivity index (χ3n) is 1.23. The van der Waals surface area contributed by atoms with Gasteiger partial charge >= 0.3 is 6.17 Å². The van der Waals surface area contributed by atoms with E-state index >= 15 is 0 Å². The van der Waals surface area contributed by atoms with Crippen molar-refractivity contribution in [3.8, 4) is 0 Å². The number of nitrogens with two attached hydrogens (primary N) is 1. The molecule has 1 heterocycles. The molecule has 0 aromatic carbocycles. The normalized spacial score (nSPS) is 36.3. The lowest BCUT2D eigenvalue weighted by atomic mass is 10.3. The number of nitro groups is 1. The van der Waals surface area contributed by atoms with Gasteiger partial charge in [0.1, 0.15) is 0 Å². The fraction of sp³-hybridized carbons (Fsp3) is 0.667. The van der Waals surface area contributed by atoms with Crippen molar-refractivity contribution >= 4 is 5.71 Å². The maximum atomic E-state index is 10.8. The van der Waals surface area contributed by atoms with Gasteiger partial charge in [-0.3, -0.25) is 10.1 Å². The van der Waals surface area contributed by atoms with Gasteiger partial charge in [-0.05, 0) is 12.1 Å². The highest BCUT2D eigenvalue weighted by Gasteiger charge is 2.48. The minimum absolute atomic E-state index is 0.0347. The number of oxime groups is 1. The standard InChI is InChI=1S/C3H6N4O4/c1-2-3(6(8)9)7(4,10)11-5-2/h3H,4H2,1H3. The zero-order chi connectivity index (χ0) is 8.65. The molecule has 62 valence electrons. The summed E-state index contributed by atoms with van der Waals surface area (Å²) in [5.41, 5.74) is -0.0347. The van der Waals surface area contributed by atoms with Crippen LogP contribution in [0.25, 0.3) is 0 Å². The van der Waals surface area contributed by atoms with E-state index in [0.29, 0.717) is 0 Å². The van der Waals surface area contributed by atoms with Crippen LogP contribution >= 0.6 is 0 Å². The zero-order valence-electron chi connectivity index (χ0n) is 5.63. The Balaban J connectivity index is 2.90. The first kappa shape index (κ1) is 7.85. The minimum atomic E-state index is -1.92. The lowest BCUT2D eigenvalue weighted by Gasteiger charge is -2.24. The summed E-state index contributed by atoms with van der Waals surface area (Å²) in [6.45, 7) is 1.30. The molecule has 0 fully saturated rings. The van der Waals surface area contributed by atoms with Crippen LogP contribution in [0.15, 0.2) is 5.16 Å². The van der Waals surface area contributed by atoms with E-state index in [1.807, 2.05) is 0 Å². The summed E-state index contributed by atoms with van der Waals surface area (Å²) in [6, 6.07) is 0. The molecule has 1 rings (SSSR count). The fourth-order valence-electron chi connectivity index (χ4n) is 0.764. The Morgan fingerprint density at radius 3 is 2.64 bits per heavy atom. The number of hydrogen-bond donors (Lipinski definition) is 1. The summed E-state index contributed by atoms with van der Waals surface area (Å²) in [5.74, 6) is 4.82. The molecule has 0 aromatic rings. The minimum Gasteiger partial charge on any atom is -0.561 e. The summed E-state index contributed by atoms with van der Waals surface area (Å²) in [5, 5.41) is 24.1. The summed E-state index contributed by atoms with van der Waals surface area (Å²) in [7, 11) is 0. The van der Waals surface area contributed by atoms with Gasteiger partial charge in [-0.1, -0.05) is 0 Å². The number of rotatable bonds is 1. The average molecular weight is 162 g/mol. The van der Waals surface area contributed by atoms with Crippen molar-refractivity contribution in [3.05, 3.63) is 15.3 Å². The van der Waals surface area contributed by atoms with Gasteiger partial charge in [0, 0.05) is 4.92 Å². The first-order chi connectivity index (χ1) is 4.95. The highest BCUT2D eigenvalue weighted by Crippen LogP contribution is 2.16. The Hall–Kier alpha value is -1.25. The smallest absolute Gasteiger partial charge is 0.435 e. The molecule has 8 nitrogen and oxygen atoms in total. The van der Waals surface area contributed by atoms with E-state index in [9.17, 15) is 15.3 Å². The first-order valence-corrected chi connectivity index (χ1v) is 2.70. The van der Waals surface area contributed by atoms with Crippen molar-refractivity contribution < 1.29 is 14.8 Å². The second-order valence-electron chi connectivity index (χ2n) is 2.12. The molecule has 0 saturated heterocycles. The quantitative estimate of drug-likeness (QED) is 0.176. The van der Waals surface area contributed by atoms with E-state index in [4.69, 9.17) is 5.84 Å². The Kier molecular flexibility index (Phi) is 1.51. The van der Waals surface area contributed by atoms with Gasteiger partial charge in [-0.2, -0.15) is 4.94 Å². The van der Waals surface area contributed by atoms with Gasteiger partial charge in [-0.25, -0.2) is 0 Å². The predicted molar refractivity (Wildman–Crippen MR) is 32.8 cm³/mol. The molecule has 0 aromatic heterocycles. The van der Waals surface area contributed by atoms with E-state index in [2.05, 4.69) is 10.1 Å². The molecule has 1 aliphatic heterocycles. The summed E-state index contributed by atoms with van der Waals surface area (Å²) < 4.78 is 0. The fourth-order valence-corrected chi connectivity index (χ4v) is 0.764. The highest BCUT2D eigenvalue weighted by molar-refractivity contribution is 5.84. The van der Waals surface area contributed by atoms with Crippen molar-refractivity contribution in [2.75, 3.05) is 0 Å². The van der Waals surface area contributed by atoms with E-state index < -0.39 is 16.0 Å². The zero-order valence-corrected chi connectivity index (χ0v) is 5.63. The molecule has 0 saturated carbocycles. The van der Waals surface area contributed by atoms with Crippen molar-refractivity contribution in [3.63, 3.8) is 0 Å². The van der Waals surface area contributed by atoms with E-state index in [1.165, 1.54) is 6.92 Å². The summed E-state index contributed by atoms with van der Waals surface area (Å²) in [6.07, 6.45) is -1.64. The molecule has 1 aliphatic rings. The number of hydroxylamine groups is 2. The lowest BCUT2D eigenvalue weighted by molar-refractivity contribution is -1.13. The van der Waals surface area contributed by atoms with Crippen LogP contribution in [0.3, 0.4) is 0 Å². The second-order valence-corrected chi connectivity index (χ2v) is 2.12. The average Bonchev–Trinajstić information content (AvgIpc) is 2.06. The molecular formula is C3H6N4O4. The SMILES string of the molecule is CC1=NO[N+](N)([O-])C1[N+](=O)[O-]. The molecule has 2 atom stereocenters. The van der Waals surface area contributed by atoms with Crippen LogP contribution in [0, 0.1) is 15.3 Å². The van der Waals surface area contributed by atoms with Gasteiger partial charge in [0.2, 0.25) is 5.71 Å². The van der Waals surface area contributed by atoms with Crippen LogP contribution in [-0.4, -0.2) is 21.7 Å². The molecule has 8 heteroatoms. The van der Waals surface area contributed by atoms with Crippen LogP contribution in [0.1, 0.15) is 6.92 Å². The lowest BCUT2D eigenvalue weighted by Crippen LogP contribution is -2.57. The molecule has 11 heavy (non-hydrogen) atoms. The van der Waals surface area contributed by atoms with Gasteiger partial charge < -0.3 is 5.21 Å². The maximum absolute atomic E-state index is 10.8. The number of nitrogens with zero attached hydrogens (tertiary/aromatic N) is 3. The first-order valence-electron chi connectivity index (χ1n) is 2.70. The number of quaternary nitrogens is 1. The third-order valence-corrected chi connectivity index (χ3v) is 1.23. The number of hydrogen-bond acceptors (Lipinski definition) is 6. The Morgan fingerprint density at radius 2 is 2.45 bits per heavy atom. The van der Waals surface area contributed by atoms with Crippen LogP contribution in [0.5, 0.6) is 0 Å². The summed E-state index contributed by atoms with van der Waals surface area (Å²) >= 11 is 0. The highest BCUT2D eigenvalue weighted by atomic mass is 17.0. The van der Waals surface area contributed by atoms with Gasteiger partial charge in [0.15, 0.2) is 0 Å². The molecule has 0 amide bonds. The predicted octanol–water partition coefficient (Wildman–Crippen LogP) is -0.901. The van der Waals surface area contributed by atoms with Gasteiger partial charge in [0.05, 0.1) is 4.92 Å². The molecule has 0 bridgehead atoms. The van der Waals surface area contributed by atoms with Crippen molar-refractivity contribution in [1.29, 1.82) is 0 Å². The van der Waals surface area contributed by atoms with E-state index in [-0.39, 0.29) is 5.71 Å². The molecule has 0 aliphatic carbocycles. The Morgan fingerprint density at radius 1 is 1.91 bits per heavy atom. The Labute approximate surface area is 61.1 Å².